The van der Waals surface area contributed by atoms with Crippen LogP contribution in [0.2, 0.25) is 0 Å². The van der Waals surface area contributed by atoms with Gasteiger partial charge in [0, 0.05) is 25.9 Å². The van der Waals surface area contributed by atoms with E-state index in [1.807, 2.05) is 0 Å². The Morgan fingerprint density at radius 3 is 2.77 bits per heavy atom. The molecule has 0 aromatic rings. The SMILES string of the molecule is C[C@H](CCO)NCC1CCOCC1. The van der Waals surface area contributed by atoms with Crippen molar-refractivity contribution >= 4 is 0 Å². The molecule has 1 atom stereocenters. The fraction of sp³-hybridized carbons (Fsp3) is 1.00. The number of hydrogen-bond donors (Lipinski definition) is 2. The maximum Gasteiger partial charge on any atom is 0.0469 e. The Kier molecular flexibility index (Phi) is 5.35. The number of rotatable bonds is 5. The van der Waals surface area contributed by atoms with Crippen molar-refractivity contribution in [1.82, 2.24) is 5.32 Å². The van der Waals surface area contributed by atoms with Crippen LogP contribution in [-0.2, 0) is 4.74 Å². The lowest BCUT2D eigenvalue weighted by molar-refractivity contribution is 0.0653. The molecule has 2 N–H and O–H groups in total. The first kappa shape index (κ1) is 11.0. The summed E-state index contributed by atoms with van der Waals surface area (Å²) in [6, 6.07) is 0.438. The molecule has 0 unspecified atom stereocenters. The molecule has 3 heteroatoms. The Morgan fingerprint density at radius 1 is 1.46 bits per heavy atom. The van der Waals surface area contributed by atoms with E-state index < -0.39 is 0 Å². The van der Waals surface area contributed by atoms with E-state index >= 15 is 0 Å². The van der Waals surface area contributed by atoms with Gasteiger partial charge in [-0.25, -0.2) is 0 Å². The molecule has 0 aromatic heterocycles. The molecule has 1 aliphatic rings. The number of nitrogens with one attached hydrogen (secondary N) is 1. The molecule has 0 amide bonds. The number of aliphatic hydroxyl groups excluding tert-OH is 1. The third-order valence-electron chi connectivity index (χ3n) is 2.66. The van der Waals surface area contributed by atoms with Crippen LogP contribution in [0, 0.1) is 5.92 Å². The Labute approximate surface area is 80.5 Å². The van der Waals surface area contributed by atoms with Crippen LogP contribution in [0.15, 0.2) is 0 Å². The molecule has 0 bridgehead atoms. The van der Waals surface area contributed by atoms with Gasteiger partial charge in [0.15, 0.2) is 0 Å². The maximum atomic E-state index is 8.71. The molecule has 13 heavy (non-hydrogen) atoms. The second-order valence-corrected chi connectivity index (χ2v) is 3.88. The highest BCUT2D eigenvalue weighted by atomic mass is 16.5. The van der Waals surface area contributed by atoms with Gasteiger partial charge in [0.25, 0.3) is 0 Å². The van der Waals surface area contributed by atoms with Crippen LogP contribution in [-0.4, -0.2) is 37.5 Å². The molecule has 0 spiro atoms. The van der Waals surface area contributed by atoms with Crippen LogP contribution in [0.4, 0.5) is 0 Å². The van der Waals surface area contributed by atoms with E-state index in [0.717, 1.165) is 32.1 Å². The number of hydrogen-bond acceptors (Lipinski definition) is 3. The van der Waals surface area contributed by atoms with E-state index in [0.29, 0.717) is 6.04 Å². The third-order valence-corrected chi connectivity index (χ3v) is 2.66. The molecule has 0 aromatic carbocycles. The van der Waals surface area contributed by atoms with Gasteiger partial charge >= 0.3 is 0 Å². The van der Waals surface area contributed by atoms with Gasteiger partial charge in [-0.1, -0.05) is 0 Å². The molecule has 0 radical (unpaired) electrons. The Hall–Kier alpha value is -0.120. The van der Waals surface area contributed by atoms with Gasteiger partial charge in [-0.3, -0.25) is 0 Å². The molecule has 1 aliphatic heterocycles. The topological polar surface area (TPSA) is 41.5 Å². The summed E-state index contributed by atoms with van der Waals surface area (Å²) in [5.41, 5.74) is 0. The molecule has 3 nitrogen and oxygen atoms in total. The summed E-state index contributed by atoms with van der Waals surface area (Å²) in [6.07, 6.45) is 3.21. The molecular formula is C10H21NO2. The van der Waals surface area contributed by atoms with Gasteiger partial charge < -0.3 is 15.2 Å². The van der Waals surface area contributed by atoms with Gasteiger partial charge in [0.2, 0.25) is 0 Å². The number of ether oxygens (including phenoxy) is 1. The first-order valence-electron chi connectivity index (χ1n) is 5.25. The Morgan fingerprint density at radius 2 is 2.15 bits per heavy atom. The molecule has 1 rings (SSSR count). The van der Waals surface area contributed by atoms with Crippen molar-refractivity contribution < 1.29 is 9.84 Å². The standard InChI is InChI=1S/C10H21NO2/c1-9(2-5-12)11-8-10-3-6-13-7-4-10/h9-12H,2-8H2,1H3/t9-/m1/s1. The predicted molar refractivity (Wildman–Crippen MR) is 52.7 cm³/mol. The maximum absolute atomic E-state index is 8.71. The average Bonchev–Trinajstić information content (AvgIpc) is 2.17. The minimum absolute atomic E-state index is 0.280. The fourth-order valence-corrected chi connectivity index (χ4v) is 1.61. The van der Waals surface area contributed by atoms with E-state index in [4.69, 9.17) is 9.84 Å². The van der Waals surface area contributed by atoms with Crippen LogP contribution in [0.3, 0.4) is 0 Å². The van der Waals surface area contributed by atoms with Crippen molar-refractivity contribution in [2.24, 2.45) is 5.92 Å². The van der Waals surface area contributed by atoms with E-state index in [9.17, 15) is 0 Å². The molecule has 1 heterocycles. The van der Waals surface area contributed by atoms with E-state index in [1.165, 1.54) is 12.8 Å². The van der Waals surface area contributed by atoms with Gasteiger partial charge in [-0.15, -0.1) is 0 Å². The summed E-state index contributed by atoms with van der Waals surface area (Å²) in [7, 11) is 0. The van der Waals surface area contributed by atoms with E-state index in [1.54, 1.807) is 0 Å². The van der Waals surface area contributed by atoms with Crippen LogP contribution in [0.5, 0.6) is 0 Å². The van der Waals surface area contributed by atoms with Crippen molar-refractivity contribution in [2.75, 3.05) is 26.4 Å². The second kappa shape index (κ2) is 6.35. The lowest BCUT2D eigenvalue weighted by Gasteiger charge is -2.24. The van der Waals surface area contributed by atoms with Crippen molar-refractivity contribution in [3.8, 4) is 0 Å². The monoisotopic (exact) mass is 187 g/mol. The van der Waals surface area contributed by atoms with Crippen LogP contribution >= 0.6 is 0 Å². The second-order valence-electron chi connectivity index (χ2n) is 3.88. The summed E-state index contributed by atoms with van der Waals surface area (Å²) in [4.78, 5) is 0. The molecular weight excluding hydrogens is 166 g/mol. The largest absolute Gasteiger partial charge is 0.396 e. The molecule has 78 valence electrons. The zero-order valence-corrected chi connectivity index (χ0v) is 8.46. The summed E-state index contributed by atoms with van der Waals surface area (Å²) in [5.74, 6) is 0.773. The highest BCUT2D eigenvalue weighted by Gasteiger charge is 2.13. The Bertz CT molecular complexity index is 124. The van der Waals surface area contributed by atoms with Gasteiger partial charge in [0.1, 0.15) is 0 Å². The van der Waals surface area contributed by atoms with Gasteiger partial charge in [0.05, 0.1) is 0 Å². The summed E-state index contributed by atoms with van der Waals surface area (Å²) < 4.78 is 5.29. The van der Waals surface area contributed by atoms with Gasteiger partial charge in [-0.05, 0) is 38.6 Å². The summed E-state index contributed by atoms with van der Waals surface area (Å²) in [5, 5.41) is 12.2. The zero-order chi connectivity index (χ0) is 9.52. The molecule has 1 fully saturated rings. The van der Waals surface area contributed by atoms with Gasteiger partial charge in [-0.2, -0.15) is 0 Å². The highest BCUT2D eigenvalue weighted by Crippen LogP contribution is 2.13. The first-order chi connectivity index (χ1) is 6.33. The van der Waals surface area contributed by atoms with Crippen LogP contribution < -0.4 is 5.32 Å². The van der Waals surface area contributed by atoms with Crippen LogP contribution in [0.1, 0.15) is 26.2 Å². The Balaban J connectivity index is 2.03. The highest BCUT2D eigenvalue weighted by molar-refractivity contribution is 4.68. The fourth-order valence-electron chi connectivity index (χ4n) is 1.61. The first-order valence-corrected chi connectivity index (χ1v) is 5.25. The smallest absolute Gasteiger partial charge is 0.0469 e. The van der Waals surface area contributed by atoms with Crippen LogP contribution in [0.25, 0.3) is 0 Å². The molecule has 0 aliphatic carbocycles. The van der Waals surface area contributed by atoms with Crippen molar-refractivity contribution in [3.05, 3.63) is 0 Å². The lowest BCUT2D eigenvalue weighted by Crippen LogP contribution is -2.34. The lowest BCUT2D eigenvalue weighted by atomic mass is 10.00. The minimum atomic E-state index is 0.280. The average molecular weight is 187 g/mol. The zero-order valence-electron chi connectivity index (χ0n) is 8.46. The normalized spacial score (nSPS) is 21.7. The molecule has 1 saturated heterocycles. The van der Waals surface area contributed by atoms with Crippen molar-refractivity contribution in [1.29, 1.82) is 0 Å². The van der Waals surface area contributed by atoms with Crippen molar-refractivity contribution in [2.45, 2.75) is 32.2 Å². The van der Waals surface area contributed by atoms with Crippen molar-refractivity contribution in [3.63, 3.8) is 0 Å². The summed E-state index contributed by atoms with van der Waals surface area (Å²) in [6.45, 7) is 5.31. The summed E-state index contributed by atoms with van der Waals surface area (Å²) >= 11 is 0. The number of aliphatic hydroxyl groups is 1. The van der Waals surface area contributed by atoms with E-state index in [2.05, 4.69) is 12.2 Å². The van der Waals surface area contributed by atoms with E-state index in [-0.39, 0.29) is 6.61 Å². The third kappa shape index (κ3) is 4.60. The quantitative estimate of drug-likeness (QED) is 0.668. The minimum Gasteiger partial charge on any atom is -0.396 e. The predicted octanol–water partition coefficient (Wildman–Crippen LogP) is 0.773. The molecule has 0 saturated carbocycles.